The number of hydrogen-bond acceptors (Lipinski definition) is 8. The van der Waals surface area contributed by atoms with Gasteiger partial charge in [-0.2, -0.15) is 0 Å². The molecule has 0 aliphatic rings. The van der Waals surface area contributed by atoms with E-state index in [1.54, 1.807) is 0 Å². The van der Waals surface area contributed by atoms with Crippen molar-refractivity contribution in [3.8, 4) is 0 Å². The lowest BCUT2D eigenvalue weighted by Crippen LogP contribution is -2.54. The SMILES string of the molecule is NC(N)=NCCCC(N)C(=O)NC(CO)C(=O)NCC(=O)NC(CCCN=C(N)N)C(=O)O. The molecule has 3 atom stereocenters. The molecule has 0 saturated carbocycles. The average molecular weight is 475 g/mol. The highest BCUT2D eigenvalue weighted by Crippen LogP contribution is 1.99. The topological polar surface area (TPSA) is 300 Å². The zero-order valence-electron chi connectivity index (χ0n) is 18.2. The third kappa shape index (κ3) is 14.1. The van der Waals surface area contributed by atoms with Crippen LogP contribution < -0.4 is 44.6 Å². The molecule has 16 nitrogen and oxygen atoms in total. The van der Waals surface area contributed by atoms with Crippen LogP contribution in [0.1, 0.15) is 25.7 Å². The number of carbonyl (C=O) groups is 4. The number of guanidine groups is 2. The van der Waals surface area contributed by atoms with Crippen LogP contribution >= 0.6 is 0 Å². The van der Waals surface area contributed by atoms with Crippen LogP contribution in [-0.4, -0.2) is 90.2 Å². The van der Waals surface area contributed by atoms with Gasteiger partial charge < -0.3 is 54.8 Å². The molecule has 3 amide bonds. The van der Waals surface area contributed by atoms with Gasteiger partial charge in [0.1, 0.15) is 12.1 Å². The lowest BCUT2D eigenvalue weighted by Gasteiger charge is -2.19. The molecule has 0 aromatic carbocycles. The van der Waals surface area contributed by atoms with Gasteiger partial charge in [0.25, 0.3) is 0 Å². The molecule has 0 aromatic rings. The number of carboxylic acid groups (broad SMARTS) is 1. The van der Waals surface area contributed by atoms with Crippen molar-refractivity contribution < 1.29 is 29.4 Å². The Labute approximate surface area is 190 Å². The summed E-state index contributed by atoms with van der Waals surface area (Å²) in [7, 11) is 0. The second kappa shape index (κ2) is 16.0. The van der Waals surface area contributed by atoms with E-state index in [0.29, 0.717) is 12.8 Å². The molecule has 0 rings (SSSR count). The van der Waals surface area contributed by atoms with Gasteiger partial charge >= 0.3 is 5.97 Å². The fourth-order valence-corrected chi connectivity index (χ4v) is 2.42. The predicted octanol–water partition coefficient (Wildman–Crippen LogP) is -5.42. The Morgan fingerprint density at radius 3 is 1.85 bits per heavy atom. The smallest absolute Gasteiger partial charge is 0.326 e. The maximum Gasteiger partial charge on any atom is 0.326 e. The Kier molecular flexibility index (Phi) is 14.3. The molecule has 0 heterocycles. The third-order valence-corrected chi connectivity index (χ3v) is 4.12. The van der Waals surface area contributed by atoms with E-state index in [1.165, 1.54) is 0 Å². The molecule has 0 saturated heterocycles. The molecule has 0 fully saturated rings. The van der Waals surface area contributed by atoms with E-state index in [1.807, 2.05) is 0 Å². The average Bonchev–Trinajstić information content (AvgIpc) is 2.74. The highest BCUT2D eigenvalue weighted by Gasteiger charge is 2.24. The molecule has 0 bridgehead atoms. The first-order chi connectivity index (χ1) is 15.5. The van der Waals surface area contributed by atoms with E-state index in [2.05, 4.69) is 25.9 Å². The first kappa shape index (κ1) is 29.3. The number of nitrogens with one attached hydrogen (secondary N) is 3. The van der Waals surface area contributed by atoms with Gasteiger partial charge in [0.2, 0.25) is 17.7 Å². The molecule has 16 heteroatoms. The van der Waals surface area contributed by atoms with Gasteiger partial charge in [-0.25, -0.2) is 4.79 Å². The normalized spacial score (nSPS) is 13.0. The Morgan fingerprint density at radius 2 is 1.36 bits per heavy atom. The number of carboxylic acids is 1. The van der Waals surface area contributed by atoms with Crippen LogP contribution in [0.3, 0.4) is 0 Å². The van der Waals surface area contributed by atoms with Crippen molar-refractivity contribution >= 4 is 35.6 Å². The van der Waals surface area contributed by atoms with Crippen LogP contribution in [0.5, 0.6) is 0 Å². The maximum absolute atomic E-state index is 12.2. The van der Waals surface area contributed by atoms with E-state index < -0.39 is 55.0 Å². The zero-order chi connectivity index (χ0) is 25.4. The zero-order valence-corrected chi connectivity index (χ0v) is 18.2. The molecule has 188 valence electrons. The highest BCUT2D eigenvalue weighted by molar-refractivity contribution is 5.92. The summed E-state index contributed by atoms with van der Waals surface area (Å²) >= 11 is 0. The van der Waals surface area contributed by atoms with Crippen LogP contribution in [0, 0.1) is 0 Å². The van der Waals surface area contributed by atoms with Crippen molar-refractivity contribution in [2.75, 3.05) is 26.2 Å². The summed E-state index contributed by atoms with van der Waals surface area (Å²) in [5.41, 5.74) is 26.5. The summed E-state index contributed by atoms with van der Waals surface area (Å²) in [6.45, 7) is -0.864. The lowest BCUT2D eigenvalue weighted by atomic mass is 10.1. The van der Waals surface area contributed by atoms with Crippen molar-refractivity contribution in [2.45, 2.75) is 43.8 Å². The van der Waals surface area contributed by atoms with Crippen molar-refractivity contribution in [3.63, 3.8) is 0 Å². The number of carbonyl (C=O) groups excluding carboxylic acids is 3. The monoisotopic (exact) mass is 474 g/mol. The summed E-state index contributed by atoms with van der Waals surface area (Å²) in [6.07, 6.45) is 0.998. The lowest BCUT2D eigenvalue weighted by molar-refractivity contribution is -0.142. The van der Waals surface area contributed by atoms with E-state index in [9.17, 15) is 29.4 Å². The van der Waals surface area contributed by atoms with E-state index >= 15 is 0 Å². The molecule has 0 radical (unpaired) electrons. The number of amides is 3. The number of rotatable bonds is 16. The largest absolute Gasteiger partial charge is 0.480 e. The molecular weight excluding hydrogens is 440 g/mol. The Balaban J connectivity index is 4.53. The number of aliphatic hydroxyl groups is 1. The minimum atomic E-state index is -1.36. The van der Waals surface area contributed by atoms with Crippen molar-refractivity contribution in [3.05, 3.63) is 0 Å². The van der Waals surface area contributed by atoms with Crippen molar-refractivity contribution in [2.24, 2.45) is 38.7 Å². The number of nitrogens with zero attached hydrogens (tertiary/aromatic N) is 2. The predicted molar refractivity (Wildman–Crippen MR) is 119 cm³/mol. The molecule has 0 aromatic heterocycles. The summed E-state index contributed by atoms with van der Waals surface area (Å²) in [6, 6.07) is -3.54. The minimum absolute atomic E-state index is 0.0577. The number of aliphatic imine (C=N–C) groups is 2. The number of aliphatic hydroxyl groups excluding tert-OH is 1. The first-order valence-corrected chi connectivity index (χ1v) is 10.0. The second-order valence-corrected chi connectivity index (χ2v) is 6.92. The number of nitrogens with two attached hydrogens (primary N) is 5. The molecule has 3 unspecified atom stereocenters. The fourth-order valence-electron chi connectivity index (χ4n) is 2.42. The summed E-state index contributed by atoms with van der Waals surface area (Å²) in [4.78, 5) is 55.0. The maximum atomic E-state index is 12.2. The van der Waals surface area contributed by atoms with Crippen LogP contribution in [0.4, 0.5) is 0 Å². The van der Waals surface area contributed by atoms with Gasteiger partial charge in [0.05, 0.1) is 19.2 Å². The molecular formula is C17H34N10O6. The van der Waals surface area contributed by atoms with Gasteiger partial charge in [-0.05, 0) is 25.7 Å². The van der Waals surface area contributed by atoms with Crippen LogP contribution in [-0.2, 0) is 19.2 Å². The van der Waals surface area contributed by atoms with E-state index in [-0.39, 0.29) is 37.9 Å². The number of aliphatic carboxylic acids is 1. The molecule has 0 aliphatic carbocycles. The van der Waals surface area contributed by atoms with Crippen LogP contribution in [0.25, 0.3) is 0 Å². The fraction of sp³-hybridized carbons (Fsp3) is 0.647. The molecule has 15 N–H and O–H groups in total. The van der Waals surface area contributed by atoms with Crippen LogP contribution in [0.15, 0.2) is 9.98 Å². The molecule has 0 spiro atoms. The summed E-state index contributed by atoms with van der Waals surface area (Å²) < 4.78 is 0. The van der Waals surface area contributed by atoms with Gasteiger partial charge in [0.15, 0.2) is 11.9 Å². The van der Waals surface area contributed by atoms with E-state index in [0.717, 1.165) is 0 Å². The summed E-state index contributed by atoms with van der Waals surface area (Å²) in [5.74, 6) is -3.81. The van der Waals surface area contributed by atoms with Gasteiger partial charge in [-0.3, -0.25) is 24.4 Å². The standard InChI is InChI=1S/C17H34N10O6/c18-9(3-1-5-23-16(19)20)13(30)27-11(8-28)14(31)25-7-12(29)26-10(15(32)33)4-2-6-24-17(21)22/h9-11,28H,1-8,18H2,(H,25,31)(H,26,29)(H,27,30)(H,32,33)(H4,19,20,23)(H4,21,22,24). The van der Waals surface area contributed by atoms with Gasteiger partial charge in [0, 0.05) is 13.1 Å². The number of hydrogen-bond donors (Lipinski definition) is 10. The van der Waals surface area contributed by atoms with Crippen LogP contribution in [0.2, 0.25) is 0 Å². The Bertz CT molecular complexity index is 721. The third-order valence-electron chi connectivity index (χ3n) is 4.12. The van der Waals surface area contributed by atoms with Crippen molar-refractivity contribution in [1.29, 1.82) is 0 Å². The first-order valence-electron chi connectivity index (χ1n) is 10.0. The van der Waals surface area contributed by atoms with E-state index in [4.69, 9.17) is 28.7 Å². The van der Waals surface area contributed by atoms with Gasteiger partial charge in [-0.1, -0.05) is 0 Å². The molecule has 0 aliphatic heterocycles. The second-order valence-electron chi connectivity index (χ2n) is 6.92. The highest BCUT2D eigenvalue weighted by atomic mass is 16.4. The Hall–Kier alpha value is -3.66. The minimum Gasteiger partial charge on any atom is -0.480 e. The Morgan fingerprint density at radius 1 is 0.818 bits per heavy atom. The quantitative estimate of drug-likeness (QED) is 0.0571. The molecule has 33 heavy (non-hydrogen) atoms. The van der Waals surface area contributed by atoms with Gasteiger partial charge in [-0.15, -0.1) is 0 Å². The van der Waals surface area contributed by atoms with Crippen molar-refractivity contribution in [1.82, 2.24) is 16.0 Å². The summed E-state index contributed by atoms with van der Waals surface area (Å²) in [5, 5.41) is 25.3.